The van der Waals surface area contributed by atoms with Crippen LogP contribution in [0.15, 0.2) is 18.2 Å². The topological polar surface area (TPSA) is 49.7 Å². The average Bonchev–Trinajstić information content (AvgIpc) is 2.19. The second-order valence-electron chi connectivity index (χ2n) is 3.85. The number of ether oxygens (including phenoxy) is 1. The van der Waals surface area contributed by atoms with Crippen LogP contribution < -0.4 is 4.74 Å². The van der Waals surface area contributed by atoms with E-state index in [1.165, 1.54) is 12.1 Å². The second-order valence-corrected chi connectivity index (χ2v) is 3.85. The Morgan fingerprint density at radius 2 is 2.00 bits per heavy atom. The zero-order valence-electron chi connectivity index (χ0n) is 9.48. The molecule has 16 heavy (non-hydrogen) atoms. The molecule has 0 heterocycles. The summed E-state index contributed by atoms with van der Waals surface area (Å²) in [6.07, 6.45) is -0.696. The third-order valence-electron chi connectivity index (χ3n) is 2.23. The highest BCUT2D eigenvalue weighted by molar-refractivity contribution is 5.30. The molecule has 0 aromatic heterocycles. The Morgan fingerprint density at radius 3 is 2.50 bits per heavy atom. The molecule has 0 aliphatic rings. The highest BCUT2D eigenvalue weighted by Crippen LogP contribution is 2.22. The van der Waals surface area contributed by atoms with E-state index in [-0.39, 0.29) is 12.4 Å². The number of aliphatic hydroxyl groups excluding tert-OH is 2. The Labute approximate surface area is 94.5 Å². The van der Waals surface area contributed by atoms with Gasteiger partial charge in [-0.15, -0.1) is 0 Å². The molecule has 4 heteroatoms. The summed E-state index contributed by atoms with van der Waals surface area (Å²) in [5.41, 5.74) is 0.514. The maximum Gasteiger partial charge on any atom is 0.165 e. The molecule has 0 saturated carbocycles. The fourth-order valence-electron chi connectivity index (χ4n) is 1.23. The van der Waals surface area contributed by atoms with Gasteiger partial charge in [0.25, 0.3) is 0 Å². The van der Waals surface area contributed by atoms with Crippen LogP contribution in [-0.2, 0) is 0 Å². The Balaban J connectivity index is 2.61. The van der Waals surface area contributed by atoms with Crippen LogP contribution in [0.25, 0.3) is 0 Å². The van der Waals surface area contributed by atoms with Crippen LogP contribution in [0.1, 0.15) is 31.9 Å². The van der Waals surface area contributed by atoms with Crippen LogP contribution in [0.3, 0.4) is 0 Å². The lowest BCUT2D eigenvalue weighted by Gasteiger charge is -2.10. The molecule has 1 rings (SSSR count). The molecule has 0 radical (unpaired) electrons. The smallest absolute Gasteiger partial charge is 0.165 e. The second kappa shape index (κ2) is 5.82. The van der Waals surface area contributed by atoms with Gasteiger partial charge in [0.05, 0.1) is 18.8 Å². The Morgan fingerprint density at radius 1 is 1.31 bits per heavy atom. The lowest BCUT2D eigenvalue weighted by molar-refractivity contribution is 0.153. The summed E-state index contributed by atoms with van der Waals surface area (Å²) in [6, 6.07) is 4.35. The van der Waals surface area contributed by atoms with Crippen molar-refractivity contribution in [3.05, 3.63) is 29.6 Å². The van der Waals surface area contributed by atoms with Crippen molar-refractivity contribution in [3.63, 3.8) is 0 Å². The highest BCUT2D eigenvalue weighted by atomic mass is 19.1. The van der Waals surface area contributed by atoms with Gasteiger partial charge in [0.2, 0.25) is 0 Å². The third kappa shape index (κ3) is 3.79. The van der Waals surface area contributed by atoms with Gasteiger partial charge in [-0.05, 0) is 31.5 Å². The molecule has 0 aliphatic heterocycles. The summed E-state index contributed by atoms with van der Waals surface area (Å²) in [7, 11) is 0. The minimum absolute atomic E-state index is 0.144. The van der Waals surface area contributed by atoms with Crippen molar-refractivity contribution < 1.29 is 19.3 Å². The number of benzene rings is 1. The fraction of sp³-hybridized carbons (Fsp3) is 0.500. The zero-order valence-corrected chi connectivity index (χ0v) is 9.48. The lowest BCUT2D eigenvalue weighted by Crippen LogP contribution is -2.08. The van der Waals surface area contributed by atoms with E-state index in [0.29, 0.717) is 12.0 Å². The van der Waals surface area contributed by atoms with Crippen LogP contribution in [0.5, 0.6) is 5.75 Å². The first-order valence-electron chi connectivity index (χ1n) is 5.29. The van der Waals surface area contributed by atoms with Crippen LogP contribution in [-0.4, -0.2) is 22.9 Å². The van der Waals surface area contributed by atoms with Crippen molar-refractivity contribution in [2.75, 3.05) is 6.61 Å². The van der Waals surface area contributed by atoms with E-state index < -0.39 is 18.0 Å². The maximum absolute atomic E-state index is 13.4. The SMILES string of the molecule is CC(O)CCOc1ccc(C(C)O)cc1F. The van der Waals surface area contributed by atoms with E-state index in [0.717, 1.165) is 0 Å². The average molecular weight is 228 g/mol. The summed E-state index contributed by atoms with van der Waals surface area (Å²) in [6.45, 7) is 3.49. The maximum atomic E-state index is 13.4. The van der Waals surface area contributed by atoms with Crippen LogP contribution in [0, 0.1) is 5.82 Å². The van der Waals surface area contributed by atoms with Gasteiger partial charge in [-0.1, -0.05) is 6.07 Å². The Kier molecular flexibility index (Phi) is 4.71. The number of hydrogen-bond donors (Lipinski definition) is 2. The van der Waals surface area contributed by atoms with E-state index in [2.05, 4.69) is 0 Å². The van der Waals surface area contributed by atoms with Gasteiger partial charge in [-0.3, -0.25) is 0 Å². The molecule has 0 fully saturated rings. The monoisotopic (exact) mass is 228 g/mol. The molecule has 1 aromatic rings. The van der Waals surface area contributed by atoms with E-state index in [1.54, 1.807) is 19.9 Å². The van der Waals surface area contributed by atoms with E-state index in [9.17, 15) is 9.50 Å². The number of aliphatic hydroxyl groups is 2. The number of halogens is 1. The van der Waals surface area contributed by atoms with E-state index in [1.807, 2.05) is 0 Å². The van der Waals surface area contributed by atoms with Gasteiger partial charge in [-0.2, -0.15) is 0 Å². The van der Waals surface area contributed by atoms with Gasteiger partial charge in [0.15, 0.2) is 11.6 Å². The van der Waals surface area contributed by atoms with Gasteiger partial charge < -0.3 is 14.9 Å². The van der Waals surface area contributed by atoms with Crippen LogP contribution >= 0.6 is 0 Å². The van der Waals surface area contributed by atoms with E-state index >= 15 is 0 Å². The third-order valence-corrected chi connectivity index (χ3v) is 2.23. The summed E-state index contributed by atoms with van der Waals surface area (Å²) < 4.78 is 18.6. The molecule has 3 nitrogen and oxygen atoms in total. The van der Waals surface area contributed by atoms with Crippen molar-refractivity contribution in [3.8, 4) is 5.75 Å². The summed E-state index contributed by atoms with van der Waals surface area (Å²) >= 11 is 0. The highest BCUT2D eigenvalue weighted by Gasteiger charge is 2.08. The fourth-order valence-corrected chi connectivity index (χ4v) is 1.23. The van der Waals surface area contributed by atoms with Crippen LogP contribution in [0.2, 0.25) is 0 Å². The molecule has 2 N–H and O–H groups in total. The number of hydrogen-bond acceptors (Lipinski definition) is 3. The Bertz CT molecular complexity index is 337. The minimum Gasteiger partial charge on any atom is -0.490 e. The molecule has 0 saturated heterocycles. The molecule has 0 bridgehead atoms. The summed E-state index contributed by atoms with van der Waals surface area (Å²) in [4.78, 5) is 0. The van der Waals surface area contributed by atoms with Gasteiger partial charge in [0.1, 0.15) is 0 Å². The molecule has 90 valence electrons. The predicted molar refractivity (Wildman–Crippen MR) is 58.8 cm³/mol. The van der Waals surface area contributed by atoms with Crippen molar-refractivity contribution >= 4 is 0 Å². The molecule has 2 unspecified atom stereocenters. The normalized spacial score (nSPS) is 14.6. The first-order valence-corrected chi connectivity index (χ1v) is 5.29. The first-order chi connectivity index (χ1) is 7.50. The zero-order chi connectivity index (χ0) is 12.1. The van der Waals surface area contributed by atoms with Crippen molar-refractivity contribution in [1.82, 2.24) is 0 Å². The molecule has 0 aliphatic carbocycles. The van der Waals surface area contributed by atoms with Crippen molar-refractivity contribution in [1.29, 1.82) is 0 Å². The molecular formula is C12H17FO3. The largest absolute Gasteiger partial charge is 0.490 e. The molecular weight excluding hydrogens is 211 g/mol. The first kappa shape index (κ1) is 12.9. The van der Waals surface area contributed by atoms with E-state index in [4.69, 9.17) is 9.84 Å². The molecule has 0 spiro atoms. The Hall–Kier alpha value is -1.13. The minimum atomic E-state index is -0.694. The summed E-state index contributed by atoms with van der Waals surface area (Å²) in [5.74, 6) is -0.353. The van der Waals surface area contributed by atoms with Gasteiger partial charge >= 0.3 is 0 Å². The predicted octanol–water partition coefficient (Wildman–Crippen LogP) is 2.03. The quantitative estimate of drug-likeness (QED) is 0.810. The van der Waals surface area contributed by atoms with Crippen molar-refractivity contribution in [2.24, 2.45) is 0 Å². The number of rotatable bonds is 5. The van der Waals surface area contributed by atoms with Crippen LogP contribution in [0.4, 0.5) is 4.39 Å². The molecule has 2 atom stereocenters. The van der Waals surface area contributed by atoms with Gasteiger partial charge in [-0.25, -0.2) is 4.39 Å². The van der Waals surface area contributed by atoms with Gasteiger partial charge in [0, 0.05) is 6.42 Å². The summed E-state index contributed by atoms with van der Waals surface area (Å²) in [5, 5.41) is 18.3. The molecule has 0 amide bonds. The standard InChI is InChI=1S/C12H17FO3/c1-8(14)5-6-16-12-4-3-10(9(2)15)7-11(12)13/h3-4,7-9,14-15H,5-6H2,1-2H3. The van der Waals surface area contributed by atoms with Crippen molar-refractivity contribution in [2.45, 2.75) is 32.5 Å². The lowest BCUT2D eigenvalue weighted by atomic mass is 10.1. The molecule has 1 aromatic carbocycles.